The Morgan fingerprint density at radius 3 is 2.71 bits per heavy atom. The minimum absolute atomic E-state index is 0.296. The molecule has 0 amide bonds. The Hall–Kier alpha value is -0.890. The molecule has 14 heavy (non-hydrogen) atoms. The highest BCUT2D eigenvalue weighted by molar-refractivity contribution is 5.23. The van der Waals surface area contributed by atoms with Crippen LogP contribution in [0.2, 0.25) is 0 Å². The fourth-order valence-corrected chi connectivity index (χ4v) is 1.55. The molecule has 0 radical (unpaired) electrons. The van der Waals surface area contributed by atoms with E-state index in [2.05, 4.69) is 0 Å². The second-order valence-electron chi connectivity index (χ2n) is 3.60. The van der Waals surface area contributed by atoms with Crippen LogP contribution in [-0.4, -0.2) is 11.2 Å². The lowest BCUT2D eigenvalue weighted by Crippen LogP contribution is -2.09. The van der Waals surface area contributed by atoms with Crippen LogP contribution in [0.1, 0.15) is 30.9 Å². The van der Waals surface area contributed by atoms with Crippen LogP contribution < -0.4 is 0 Å². The topological polar surface area (TPSA) is 20.2 Å². The van der Waals surface area contributed by atoms with Crippen molar-refractivity contribution in [3.8, 4) is 0 Å². The highest BCUT2D eigenvalue weighted by Gasteiger charge is 2.04. The summed E-state index contributed by atoms with van der Waals surface area (Å²) in [5, 5.41) is 9.57. The summed E-state index contributed by atoms with van der Waals surface area (Å²) >= 11 is 0. The summed E-state index contributed by atoms with van der Waals surface area (Å²) in [5.74, 6) is 0. The first-order valence-electron chi connectivity index (χ1n) is 5.08. The third kappa shape index (κ3) is 3.46. The third-order valence-corrected chi connectivity index (χ3v) is 2.24. The lowest BCUT2D eigenvalue weighted by Gasteiger charge is -2.09. The van der Waals surface area contributed by atoms with E-state index in [0.29, 0.717) is 12.0 Å². The number of benzene rings is 1. The van der Waals surface area contributed by atoms with E-state index in [0.717, 1.165) is 18.4 Å². The Balaban J connectivity index is 2.57. The molecule has 1 rings (SSSR count). The number of aliphatic hydroxyl groups excluding tert-OH is 1. The van der Waals surface area contributed by atoms with Crippen LogP contribution in [-0.2, 0) is 13.1 Å². The normalized spacial score (nSPS) is 12.8. The fraction of sp³-hybridized carbons (Fsp3) is 0.500. The molecular weight excluding hydrogens is 179 g/mol. The lowest BCUT2D eigenvalue weighted by molar-refractivity contribution is 0.164. The molecule has 1 atom stereocenters. The third-order valence-electron chi connectivity index (χ3n) is 2.24. The molecule has 0 saturated carbocycles. The van der Waals surface area contributed by atoms with Crippen molar-refractivity contribution in [2.75, 3.05) is 0 Å². The quantitative estimate of drug-likeness (QED) is 0.767. The van der Waals surface area contributed by atoms with Crippen molar-refractivity contribution in [3.63, 3.8) is 0 Å². The summed E-state index contributed by atoms with van der Waals surface area (Å²) in [6.07, 6.45) is 2.11. The molecule has 0 bridgehead atoms. The summed E-state index contributed by atoms with van der Waals surface area (Å²) in [6, 6.07) is 7.34. The van der Waals surface area contributed by atoms with Crippen molar-refractivity contribution < 1.29 is 9.50 Å². The fourth-order valence-electron chi connectivity index (χ4n) is 1.55. The van der Waals surface area contributed by atoms with Gasteiger partial charge in [-0.1, -0.05) is 37.6 Å². The Labute approximate surface area is 84.6 Å². The molecule has 0 aromatic heterocycles. The number of aliphatic hydroxyl groups is 1. The Morgan fingerprint density at radius 2 is 2.07 bits per heavy atom. The molecule has 1 nitrogen and oxygen atoms in total. The van der Waals surface area contributed by atoms with Gasteiger partial charge in [0.05, 0.1) is 6.10 Å². The van der Waals surface area contributed by atoms with Gasteiger partial charge in [-0.3, -0.25) is 0 Å². The second-order valence-corrected chi connectivity index (χ2v) is 3.60. The number of hydrogen-bond acceptors (Lipinski definition) is 1. The number of rotatable bonds is 5. The van der Waals surface area contributed by atoms with Crippen molar-refractivity contribution in [3.05, 3.63) is 35.4 Å². The van der Waals surface area contributed by atoms with Crippen molar-refractivity contribution >= 4 is 0 Å². The summed E-state index contributed by atoms with van der Waals surface area (Å²) in [7, 11) is 0. The maximum absolute atomic E-state index is 12.3. The summed E-state index contributed by atoms with van der Waals surface area (Å²) in [6.45, 7) is 1.61. The predicted molar refractivity (Wildman–Crippen MR) is 55.9 cm³/mol. The molecule has 0 aliphatic carbocycles. The van der Waals surface area contributed by atoms with Crippen molar-refractivity contribution in [2.45, 2.75) is 39.0 Å². The predicted octanol–water partition coefficient (Wildman–Crippen LogP) is 2.86. The highest BCUT2D eigenvalue weighted by atomic mass is 19.1. The van der Waals surface area contributed by atoms with E-state index in [-0.39, 0.29) is 6.10 Å². The maximum Gasteiger partial charge on any atom is 0.115 e. The van der Waals surface area contributed by atoms with Crippen LogP contribution in [0.15, 0.2) is 24.3 Å². The van der Waals surface area contributed by atoms with Crippen molar-refractivity contribution in [1.82, 2.24) is 0 Å². The van der Waals surface area contributed by atoms with E-state index in [1.807, 2.05) is 25.1 Å². The molecule has 2 heteroatoms. The molecule has 78 valence electrons. The Kier molecular flexibility index (Phi) is 4.60. The Bertz CT molecular complexity index is 273. The van der Waals surface area contributed by atoms with Gasteiger partial charge in [0.2, 0.25) is 0 Å². The van der Waals surface area contributed by atoms with Gasteiger partial charge >= 0.3 is 0 Å². The van der Waals surface area contributed by atoms with Gasteiger partial charge in [0, 0.05) is 0 Å². The van der Waals surface area contributed by atoms with Crippen LogP contribution >= 0.6 is 0 Å². The van der Waals surface area contributed by atoms with Gasteiger partial charge in [-0.25, -0.2) is 4.39 Å². The van der Waals surface area contributed by atoms with Crippen molar-refractivity contribution in [2.24, 2.45) is 0 Å². The molecule has 0 heterocycles. The van der Waals surface area contributed by atoms with E-state index in [9.17, 15) is 9.50 Å². The molecule has 0 spiro atoms. The number of hydrogen-bond donors (Lipinski definition) is 1. The minimum Gasteiger partial charge on any atom is -0.393 e. The van der Waals surface area contributed by atoms with E-state index >= 15 is 0 Å². The molecule has 1 N–H and O–H groups in total. The molecule has 0 fully saturated rings. The van der Waals surface area contributed by atoms with E-state index in [1.165, 1.54) is 0 Å². The van der Waals surface area contributed by atoms with E-state index < -0.39 is 6.67 Å². The van der Waals surface area contributed by atoms with Gasteiger partial charge in [-0.15, -0.1) is 0 Å². The van der Waals surface area contributed by atoms with Gasteiger partial charge in [-0.2, -0.15) is 0 Å². The van der Waals surface area contributed by atoms with Gasteiger partial charge in [0.1, 0.15) is 6.67 Å². The van der Waals surface area contributed by atoms with Gasteiger partial charge in [0.15, 0.2) is 0 Å². The Morgan fingerprint density at radius 1 is 1.36 bits per heavy atom. The van der Waals surface area contributed by atoms with E-state index in [4.69, 9.17) is 0 Å². The van der Waals surface area contributed by atoms with Crippen LogP contribution in [0.3, 0.4) is 0 Å². The largest absolute Gasteiger partial charge is 0.393 e. The molecule has 1 aromatic rings. The van der Waals surface area contributed by atoms with Crippen LogP contribution in [0.25, 0.3) is 0 Å². The highest BCUT2D eigenvalue weighted by Crippen LogP contribution is 2.10. The van der Waals surface area contributed by atoms with Crippen LogP contribution in [0, 0.1) is 0 Å². The average molecular weight is 196 g/mol. The first kappa shape index (κ1) is 11.2. The maximum atomic E-state index is 12.3. The van der Waals surface area contributed by atoms with Crippen LogP contribution in [0.4, 0.5) is 4.39 Å². The first-order valence-corrected chi connectivity index (χ1v) is 5.08. The summed E-state index contributed by atoms with van der Waals surface area (Å²) in [5.41, 5.74) is 1.70. The summed E-state index contributed by atoms with van der Waals surface area (Å²) < 4.78 is 12.3. The molecule has 0 aliphatic rings. The van der Waals surface area contributed by atoms with E-state index in [1.54, 1.807) is 6.07 Å². The number of halogens is 1. The molecule has 0 aliphatic heterocycles. The average Bonchev–Trinajstić information content (AvgIpc) is 2.18. The molecular formula is C12H17FO. The summed E-state index contributed by atoms with van der Waals surface area (Å²) in [4.78, 5) is 0. The smallest absolute Gasteiger partial charge is 0.115 e. The number of alkyl halides is 1. The first-order chi connectivity index (χ1) is 6.76. The SMILES string of the molecule is CCCC(O)Cc1cccc(CF)c1. The van der Waals surface area contributed by atoms with Gasteiger partial charge < -0.3 is 5.11 Å². The zero-order chi connectivity index (χ0) is 10.4. The molecule has 1 aromatic carbocycles. The van der Waals surface area contributed by atoms with Gasteiger partial charge in [0.25, 0.3) is 0 Å². The zero-order valence-corrected chi connectivity index (χ0v) is 8.54. The zero-order valence-electron chi connectivity index (χ0n) is 8.54. The minimum atomic E-state index is -0.433. The van der Waals surface area contributed by atoms with Gasteiger partial charge in [-0.05, 0) is 24.0 Å². The molecule has 0 saturated heterocycles. The lowest BCUT2D eigenvalue weighted by atomic mass is 10.0. The molecule has 1 unspecified atom stereocenters. The van der Waals surface area contributed by atoms with Crippen molar-refractivity contribution in [1.29, 1.82) is 0 Å². The monoisotopic (exact) mass is 196 g/mol. The van der Waals surface area contributed by atoms with Crippen LogP contribution in [0.5, 0.6) is 0 Å². The second kappa shape index (κ2) is 5.76. The standard InChI is InChI=1S/C12H17FO/c1-2-4-12(14)8-10-5-3-6-11(7-10)9-13/h3,5-7,12,14H,2,4,8-9H2,1H3.